The van der Waals surface area contributed by atoms with Crippen LogP contribution in [0.1, 0.15) is 59.3 Å². The molecule has 142 valence electrons. The fourth-order valence-corrected chi connectivity index (χ4v) is 3.85. The van der Waals surface area contributed by atoms with Crippen molar-refractivity contribution in [3.05, 3.63) is 0 Å². The summed E-state index contributed by atoms with van der Waals surface area (Å²) < 4.78 is 58.8. The highest BCUT2D eigenvalue weighted by Crippen LogP contribution is 2.35. The fraction of sp³-hybridized carbons (Fsp3) is 0.938. The lowest BCUT2D eigenvalue weighted by Crippen LogP contribution is -2.54. The Labute approximate surface area is 144 Å². The lowest BCUT2D eigenvalue weighted by atomic mass is 9.80. The molecule has 0 amide bonds. The van der Waals surface area contributed by atoms with E-state index in [0.29, 0.717) is 0 Å². The average Bonchev–Trinajstić information content (AvgIpc) is 2.48. The minimum absolute atomic E-state index is 0.0672. The van der Waals surface area contributed by atoms with E-state index >= 15 is 0 Å². The van der Waals surface area contributed by atoms with Crippen molar-refractivity contribution in [3.8, 4) is 0 Å². The molecule has 1 aliphatic carbocycles. The standard InChI is InChI=1S/C16H28F3NO3S/c1-15(2,3)24(22)20-13(16(17,18)19)12(14(21)23-4)10-11-8-6-5-7-9-11/h11-13,20H,5-10H2,1-4H3/t12-,13-,24-/m1/s1. The molecule has 1 fully saturated rings. The van der Waals surface area contributed by atoms with Crippen molar-refractivity contribution in [2.24, 2.45) is 11.8 Å². The van der Waals surface area contributed by atoms with E-state index in [1.165, 1.54) is 0 Å². The zero-order valence-corrected chi connectivity index (χ0v) is 15.6. The van der Waals surface area contributed by atoms with Crippen molar-refractivity contribution in [1.82, 2.24) is 4.72 Å². The predicted molar refractivity (Wildman–Crippen MR) is 87.6 cm³/mol. The number of esters is 1. The molecule has 0 aromatic heterocycles. The van der Waals surface area contributed by atoms with E-state index < -0.39 is 39.8 Å². The van der Waals surface area contributed by atoms with Gasteiger partial charge in [-0.05, 0) is 33.1 Å². The first-order chi connectivity index (χ1) is 11.0. The maximum Gasteiger partial charge on any atom is 0.405 e. The van der Waals surface area contributed by atoms with Crippen molar-refractivity contribution in [3.63, 3.8) is 0 Å². The second-order valence-electron chi connectivity index (χ2n) is 7.39. The van der Waals surface area contributed by atoms with Gasteiger partial charge in [-0.1, -0.05) is 32.1 Å². The monoisotopic (exact) mass is 371 g/mol. The van der Waals surface area contributed by atoms with Gasteiger partial charge in [-0.25, -0.2) is 8.93 Å². The minimum Gasteiger partial charge on any atom is -0.469 e. The maximum absolute atomic E-state index is 13.6. The van der Waals surface area contributed by atoms with Gasteiger partial charge in [0.25, 0.3) is 0 Å². The van der Waals surface area contributed by atoms with E-state index in [1.54, 1.807) is 20.8 Å². The molecule has 1 rings (SSSR count). The Kier molecular flexibility index (Phi) is 7.72. The number of hydrogen-bond donors (Lipinski definition) is 1. The van der Waals surface area contributed by atoms with Crippen LogP contribution >= 0.6 is 0 Å². The van der Waals surface area contributed by atoms with Crippen LogP contribution in [0.4, 0.5) is 13.2 Å². The van der Waals surface area contributed by atoms with Crippen LogP contribution in [0.15, 0.2) is 0 Å². The molecule has 1 saturated carbocycles. The molecule has 4 nitrogen and oxygen atoms in total. The Bertz CT molecular complexity index is 443. The molecule has 1 N–H and O–H groups in total. The van der Waals surface area contributed by atoms with E-state index in [4.69, 9.17) is 0 Å². The maximum atomic E-state index is 13.6. The largest absolute Gasteiger partial charge is 0.469 e. The molecule has 0 spiro atoms. The SMILES string of the molecule is COC(=O)[C@H](CC1CCCCC1)[C@@H](N[S@](=O)C(C)(C)C)C(F)(F)F. The van der Waals surface area contributed by atoms with Gasteiger partial charge in [0.2, 0.25) is 0 Å². The Morgan fingerprint density at radius 3 is 2.17 bits per heavy atom. The Morgan fingerprint density at radius 2 is 1.75 bits per heavy atom. The van der Waals surface area contributed by atoms with Gasteiger partial charge in [0.15, 0.2) is 0 Å². The molecule has 1 aliphatic rings. The highest BCUT2D eigenvalue weighted by molar-refractivity contribution is 7.84. The highest BCUT2D eigenvalue weighted by atomic mass is 32.2. The van der Waals surface area contributed by atoms with E-state index in [-0.39, 0.29) is 12.3 Å². The van der Waals surface area contributed by atoms with Crippen LogP contribution in [0.5, 0.6) is 0 Å². The lowest BCUT2D eigenvalue weighted by molar-refractivity contribution is -0.179. The van der Waals surface area contributed by atoms with Crippen LogP contribution in [0.3, 0.4) is 0 Å². The second kappa shape index (κ2) is 8.65. The molecule has 0 radical (unpaired) electrons. The minimum atomic E-state index is -4.69. The van der Waals surface area contributed by atoms with Gasteiger partial charge in [-0.3, -0.25) is 4.79 Å². The number of methoxy groups -OCH3 is 1. The van der Waals surface area contributed by atoms with Crippen molar-refractivity contribution >= 4 is 17.0 Å². The van der Waals surface area contributed by atoms with Gasteiger partial charge < -0.3 is 4.74 Å². The Morgan fingerprint density at radius 1 is 1.21 bits per heavy atom. The molecule has 0 aromatic carbocycles. The van der Waals surface area contributed by atoms with Gasteiger partial charge in [0.1, 0.15) is 6.04 Å². The summed E-state index contributed by atoms with van der Waals surface area (Å²) in [5.41, 5.74) is 0. The quantitative estimate of drug-likeness (QED) is 0.724. The van der Waals surface area contributed by atoms with Gasteiger partial charge in [0, 0.05) is 0 Å². The number of nitrogens with one attached hydrogen (secondary N) is 1. The lowest BCUT2D eigenvalue weighted by Gasteiger charge is -2.33. The van der Waals surface area contributed by atoms with E-state index in [1.807, 2.05) is 0 Å². The van der Waals surface area contributed by atoms with Crippen LogP contribution in [0, 0.1) is 11.8 Å². The van der Waals surface area contributed by atoms with Crippen molar-refractivity contribution < 1.29 is 26.9 Å². The first kappa shape index (κ1) is 21.4. The number of rotatable bonds is 6. The van der Waals surface area contributed by atoms with Crippen LogP contribution in [0.25, 0.3) is 0 Å². The van der Waals surface area contributed by atoms with Gasteiger partial charge >= 0.3 is 12.1 Å². The first-order valence-electron chi connectivity index (χ1n) is 8.29. The average molecular weight is 371 g/mol. The number of hydrogen-bond acceptors (Lipinski definition) is 3. The summed E-state index contributed by atoms with van der Waals surface area (Å²) in [6.45, 7) is 4.74. The smallest absolute Gasteiger partial charge is 0.405 e. The molecule has 3 atom stereocenters. The van der Waals surface area contributed by atoms with Crippen LogP contribution in [-0.2, 0) is 20.5 Å². The third-order valence-corrected chi connectivity index (χ3v) is 5.94. The summed E-state index contributed by atoms with van der Waals surface area (Å²) >= 11 is 0. The summed E-state index contributed by atoms with van der Waals surface area (Å²) in [6, 6.07) is -2.17. The molecule has 24 heavy (non-hydrogen) atoms. The van der Waals surface area contributed by atoms with Gasteiger partial charge in [0.05, 0.1) is 28.8 Å². The number of ether oxygens (including phenoxy) is 1. The predicted octanol–water partition coefficient (Wildman–Crippen LogP) is 3.73. The first-order valence-corrected chi connectivity index (χ1v) is 9.44. The summed E-state index contributed by atoms with van der Waals surface area (Å²) in [5.74, 6) is -2.22. The van der Waals surface area contributed by atoms with Crippen molar-refractivity contribution in [1.29, 1.82) is 0 Å². The molecule has 0 heterocycles. The number of carbonyl (C=O) groups excluding carboxylic acids is 1. The molecule has 0 aliphatic heterocycles. The summed E-state index contributed by atoms with van der Waals surface area (Å²) in [6.07, 6.45) is 0.0715. The van der Waals surface area contributed by atoms with Gasteiger partial charge in [-0.2, -0.15) is 13.2 Å². The molecule has 8 heteroatoms. The van der Waals surface area contributed by atoms with E-state index in [9.17, 15) is 22.2 Å². The van der Waals surface area contributed by atoms with E-state index in [0.717, 1.165) is 39.2 Å². The van der Waals surface area contributed by atoms with Gasteiger partial charge in [-0.15, -0.1) is 0 Å². The summed E-state index contributed by atoms with van der Waals surface area (Å²) in [4.78, 5) is 12.0. The molecule has 0 unspecified atom stereocenters. The zero-order valence-electron chi connectivity index (χ0n) is 14.7. The van der Waals surface area contributed by atoms with Crippen LogP contribution < -0.4 is 4.72 Å². The Hall–Kier alpha value is -0.630. The Balaban J connectivity index is 3.01. The van der Waals surface area contributed by atoms with E-state index in [2.05, 4.69) is 9.46 Å². The van der Waals surface area contributed by atoms with Crippen molar-refractivity contribution in [2.45, 2.75) is 76.3 Å². The topological polar surface area (TPSA) is 55.4 Å². The van der Waals surface area contributed by atoms with Crippen LogP contribution in [0.2, 0.25) is 0 Å². The summed E-state index contributed by atoms with van der Waals surface area (Å²) in [7, 11) is -0.850. The molecular weight excluding hydrogens is 343 g/mol. The fourth-order valence-electron chi connectivity index (χ4n) is 2.97. The highest BCUT2D eigenvalue weighted by Gasteiger charge is 2.50. The van der Waals surface area contributed by atoms with Crippen molar-refractivity contribution in [2.75, 3.05) is 7.11 Å². The molecular formula is C16H28F3NO3S. The molecule has 0 saturated heterocycles. The molecule has 0 aromatic rings. The number of alkyl halides is 3. The third-order valence-electron chi connectivity index (χ3n) is 4.36. The number of halogens is 3. The second-order valence-corrected chi connectivity index (χ2v) is 9.39. The van der Waals surface area contributed by atoms with Crippen LogP contribution in [-0.4, -0.2) is 34.3 Å². The molecule has 0 bridgehead atoms. The zero-order chi connectivity index (χ0) is 18.5. The summed E-state index contributed by atoms with van der Waals surface area (Å²) in [5, 5.41) is 0. The normalized spacial score (nSPS) is 21.1. The third kappa shape index (κ3) is 6.35. The number of carbonyl (C=O) groups is 1.